The molecule has 0 radical (unpaired) electrons. The Morgan fingerprint density at radius 3 is 2.69 bits per heavy atom. The first-order chi connectivity index (χ1) is 20.4. The number of nitrogens with one attached hydrogen (secondary N) is 1. The second-order valence-electron chi connectivity index (χ2n) is 11.2. The molecule has 6 heterocycles. The second-order valence-corrected chi connectivity index (χ2v) is 11.2. The van der Waals surface area contributed by atoms with Crippen molar-refractivity contribution in [1.29, 1.82) is 5.26 Å². The molecular weight excluding hydrogens is 537 g/mol. The van der Waals surface area contributed by atoms with E-state index in [9.17, 15) is 14.3 Å². The van der Waals surface area contributed by atoms with Gasteiger partial charge in [-0.05, 0) is 55.3 Å². The first-order valence-corrected chi connectivity index (χ1v) is 14.2. The topological polar surface area (TPSA) is 120 Å². The van der Waals surface area contributed by atoms with E-state index in [1.54, 1.807) is 30.3 Å². The molecule has 214 valence electrons. The SMILES string of the molecule is N#Cc1ccc(CNc2cccc(N3C[C@H]4C[C@H](C3)N4Cc3nc4ccc(C(=O)O)cc4n3C[C@@H]3CCO3)n2)c(F)c1. The Balaban J connectivity index is 1.04. The van der Waals surface area contributed by atoms with Gasteiger partial charge in [0.05, 0.1) is 47.4 Å². The van der Waals surface area contributed by atoms with Gasteiger partial charge in [-0.25, -0.2) is 19.2 Å². The maximum Gasteiger partial charge on any atom is 0.335 e. The van der Waals surface area contributed by atoms with Gasteiger partial charge in [-0.15, -0.1) is 0 Å². The molecular formula is C31H30FN7O3. The van der Waals surface area contributed by atoms with Crippen LogP contribution in [0.25, 0.3) is 11.0 Å². The number of piperidine rings is 1. The third-order valence-electron chi connectivity index (χ3n) is 8.62. The number of carbonyl (C=O) groups is 1. The lowest BCUT2D eigenvalue weighted by molar-refractivity contribution is -0.0601. The van der Waals surface area contributed by atoms with Crippen LogP contribution in [0.1, 0.15) is 40.2 Å². The predicted molar refractivity (Wildman–Crippen MR) is 154 cm³/mol. The highest BCUT2D eigenvalue weighted by Crippen LogP contribution is 2.36. The molecule has 2 bridgehead atoms. The number of pyridine rings is 1. The van der Waals surface area contributed by atoms with Crippen molar-refractivity contribution in [1.82, 2.24) is 19.4 Å². The lowest BCUT2D eigenvalue weighted by atomic mass is 9.87. The smallest absolute Gasteiger partial charge is 0.335 e. The van der Waals surface area contributed by atoms with Gasteiger partial charge in [-0.1, -0.05) is 12.1 Å². The molecule has 11 heteroatoms. The summed E-state index contributed by atoms with van der Waals surface area (Å²) in [5.41, 5.74) is 2.67. The Morgan fingerprint density at radius 1 is 1.14 bits per heavy atom. The molecule has 2 N–H and O–H groups in total. The van der Waals surface area contributed by atoms with Crippen LogP contribution >= 0.6 is 0 Å². The average Bonchev–Trinajstić information content (AvgIpc) is 3.33. The molecule has 4 aliphatic heterocycles. The molecule has 3 atom stereocenters. The Morgan fingerprint density at radius 2 is 1.98 bits per heavy atom. The summed E-state index contributed by atoms with van der Waals surface area (Å²) in [6.45, 7) is 4.07. The standard InChI is InChI=1S/C31H30FN7O3/c32-25-10-19(13-33)4-5-21(25)14-34-28-2-1-3-29(36-28)37-15-22-12-23(16-37)38(22)18-30-35-26-7-6-20(31(40)41)11-27(26)39(30)17-24-8-9-42-24/h1-7,10-11,22-24H,8-9,12,14-18H2,(H,34,36)(H,40,41)/t22-,23-,24+/m1/s1. The van der Waals surface area contributed by atoms with Crippen LogP contribution in [-0.4, -0.2) is 68.4 Å². The number of halogens is 1. The second kappa shape index (κ2) is 10.7. The maximum atomic E-state index is 14.3. The van der Waals surface area contributed by atoms with Crippen LogP contribution in [-0.2, 0) is 24.4 Å². The largest absolute Gasteiger partial charge is 0.478 e. The van der Waals surface area contributed by atoms with Crippen LogP contribution in [0.4, 0.5) is 16.0 Å². The average molecular weight is 568 g/mol. The van der Waals surface area contributed by atoms with E-state index in [4.69, 9.17) is 20.0 Å². The van der Waals surface area contributed by atoms with Crippen LogP contribution in [0.5, 0.6) is 0 Å². The van der Waals surface area contributed by atoms with Crippen LogP contribution in [0.3, 0.4) is 0 Å². The molecule has 8 rings (SSSR count). The van der Waals surface area contributed by atoms with Crippen molar-refractivity contribution in [2.45, 2.75) is 50.7 Å². The van der Waals surface area contributed by atoms with E-state index in [0.29, 0.717) is 42.1 Å². The zero-order valence-corrected chi connectivity index (χ0v) is 22.9. The quantitative estimate of drug-likeness (QED) is 0.309. The zero-order valence-electron chi connectivity index (χ0n) is 22.9. The molecule has 4 aliphatic rings. The number of ether oxygens (including phenoxy) is 1. The van der Waals surface area contributed by atoms with Crippen molar-refractivity contribution in [3.05, 3.63) is 82.9 Å². The van der Waals surface area contributed by atoms with E-state index >= 15 is 0 Å². The van der Waals surface area contributed by atoms with E-state index in [1.807, 2.05) is 24.3 Å². The fraction of sp³-hybridized carbons (Fsp3) is 0.355. The van der Waals surface area contributed by atoms with E-state index in [0.717, 1.165) is 55.2 Å². The molecule has 0 saturated carbocycles. The van der Waals surface area contributed by atoms with Crippen LogP contribution in [0.15, 0.2) is 54.6 Å². The fourth-order valence-electron chi connectivity index (χ4n) is 6.20. The van der Waals surface area contributed by atoms with Crippen LogP contribution < -0.4 is 10.2 Å². The van der Waals surface area contributed by atoms with Crippen molar-refractivity contribution in [3.63, 3.8) is 0 Å². The molecule has 4 aromatic rings. The van der Waals surface area contributed by atoms with E-state index in [2.05, 4.69) is 19.7 Å². The number of anilines is 2. The summed E-state index contributed by atoms with van der Waals surface area (Å²) < 4.78 is 22.2. The van der Waals surface area contributed by atoms with Gasteiger partial charge >= 0.3 is 5.97 Å². The van der Waals surface area contributed by atoms with Gasteiger partial charge in [0.2, 0.25) is 0 Å². The monoisotopic (exact) mass is 567 g/mol. The molecule has 0 aliphatic carbocycles. The van der Waals surface area contributed by atoms with Gasteiger partial charge in [-0.3, -0.25) is 4.90 Å². The predicted octanol–water partition coefficient (Wildman–Crippen LogP) is 4.00. The van der Waals surface area contributed by atoms with Crippen molar-refractivity contribution in [2.75, 3.05) is 29.9 Å². The number of rotatable bonds is 9. The lowest BCUT2D eigenvalue weighted by Crippen LogP contribution is -2.68. The van der Waals surface area contributed by atoms with Crippen LogP contribution in [0.2, 0.25) is 0 Å². The summed E-state index contributed by atoms with van der Waals surface area (Å²) in [4.78, 5) is 26.1. The molecule has 4 saturated heterocycles. The maximum absolute atomic E-state index is 14.3. The molecule has 2 aromatic carbocycles. The number of aromatic carboxylic acids is 1. The minimum Gasteiger partial charge on any atom is -0.478 e. The van der Waals surface area contributed by atoms with E-state index in [-0.39, 0.29) is 18.2 Å². The number of aromatic nitrogens is 3. The van der Waals surface area contributed by atoms with Gasteiger partial charge in [0.25, 0.3) is 0 Å². The van der Waals surface area contributed by atoms with E-state index < -0.39 is 11.8 Å². The summed E-state index contributed by atoms with van der Waals surface area (Å²) in [6.07, 6.45) is 2.23. The zero-order chi connectivity index (χ0) is 28.8. The molecule has 0 amide bonds. The molecule has 42 heavy (non-hydrogen) atoms. The summed E-state index contributed by atoms with van der Waals surface area (Å²) in [6, 6.07) is 18.1. The van der Waals surface area contributed by atoms with Gasteiger partial charge < -0.3 is 24.6 Å². The number of carboxylic acids is 1. The Labute approximate surface area is 242 Å². The number of nitriles is 1. The Bertz CT molecular complexity index is 1700. The number of piperazine rings is 1. The van der Waals surface area contributed by atoms with Gasteiger partial charge in [0, 0.05) is 43.9 Å². The lowest BCUT2D eigenvalue weighted by Gasteiger charge is -2.56. The van der Waals surface area contributed by atoms with Gasteiger partial charge in [0.1, 0.15) is 23.3 Å². The number of benzene rings is 2. The summed E-state index contributed by atoms with van der Waals surface area (Å²) in [5, 5.41) is 21.7. The van der Waals surface area contributed by atoms with Gasteiger partial charge in [0.15, 0.2) is 0 Å². The number of nitrogens with zero attached hydrogens (tertiary/aromatic N) is 6. The van der Waals surface area contributed by atoms with Gasteiger partial charge in [-0.2, -0.15) is 5.26 Å². The highest BCUT2D eigenvalue weighted by atomic mass is 19.1. The highest BCUT2D eigenvalue weighted by molar-refractivity contribution is 5.92. The number of carboxylic acid groups (broad SMARTS) is 1. The summed E-state index contributed by atoms with van der Waals surface area (Å²) in [5.74, 6) is 1.12. The molecule has 0 unspecified atom stereocenters. The van der Waals surface area contributed by atoms with E-state index in [1.165, 1.54) is 6.07 Å². The normalized spacial score (nSPS) is 21.4. The first-order valence-electron chi connectivity index (χ1n) is 14.2. The van der Waals surface area contributed by atoms with Crippen molar-refractivity contribution < 1.29 is 19.0 Å². The number of hydrogen-bond donors (Lipinski definition) is 2. The van der Waals surface area contributed by atoms with Crippen LogP contribution in [0, 0.1) is 17.1 Å². The van der Waals surface area contributed by atoms with Crippen molar-refractivity contribution in [2.24, 2.45) is 0 Å². The molecule has 2 aromatic heterocycles. The third kappa shape index (κ3) is 4.93. The Hall–Kier alpha value is -4.53. The summed E-state index contributed by atoms with van der Waals surface area (Å²) in [7, 11) is 0. The first kappa shape index (κ1) is 26.4. The summed E-state index contributed by atoms with van der Waals surface area (Å²) >= 11 is 0. The number of fused-ring (bicyclic) bond motifs is 3. The van der Waals surface area contributed by atoms with Crippen molar-refractivity contribution in [3.8, 4) is 6.07 Å². The fourth-order valence-corrected chi connectivity index (χ4v) is 6.20. The highest BCUT2D eigenvalue weighted by Gasteiger charge is 2.45. The third-order valence-corrected chi connectivity index (χ3v) is 8.62. The molecule has 4 fully saturated rings. The minimum atomic E-state index is -0.947. The Kier molecular flexibility index (Phi) is 6.72. The van der Waals surface area contributed by atoms with Crippen molar-refractivity contribution >= 4 is 28.6 Å². The minimum absolute atomic E-state index is 0.126. The molecule has 10 nitrogen and oxygen atoms in total. The number of hydrogen-bond acceptors (Lipinski definition) is 8. The number of imidazole rings is 1. The molecule has 0 spiro atoms.